The van der Waals surface area contributed by atoms with Crippen molar-refractivity contribution < 1.29 is 22.7 Å². The lowest BCUT2D eigenvalue weighted by molar-refractivity contribution is -0.137. The van der Waals surface area contributed by atoms with E-state index in [1.165, 1.54) is 12.3 Å². The van der Waals surface area contributed by atoms with E-state index in [2.05, 4.69) is 16.6 Å². The first-order valence-corrected chi connectivity index (χ1v) is 9.08. The SMILES string of the molecule is N#Cc1ccccc1COc1ccc(/C=N\NC(=O)c2cccc(C(F)(F)F)c2)cc1. The first-order valence-electron chi connectivity index (χ1n) is 9.08. The molecule has 0 saturated carbocycles. The molecular formula is C23H16F3N3O2. The van der Waals surface area contributed by atoms with Gasteiger partial charge in [-0.1, -0.05) is 24.3 Å². The third-order valence-electron chi connectivity index (χ3n) is 4.24. The summed E-state index contributed by atoms with van der Waals surface area (Å²) in [5, 5.41) is 12.9. The van der Waals surface area contributed by atoms with Gasteiger partial charge in [0, 0.05) is 11.1 Å². The van der Waals surface area contributed by atoms with Crippen LogP contribution in [-0.4, -0.2) is 12.1 Å². The van der Waals surface area contributed by atoms with E-state index in [-0.39, 0.29) is 12.2 Å². The van der Waals surface area contributed by atoms with Crippen LogP contribution < -0.4 is 10.2 Å². The van der Waals surface area contributed by atoms with E-state index in [4.69, 9.17) is 10.00 Å². The van der Waals surface area contributed by atoms with Crippen LogP contribution in [0.1, 0.15) is 32.6 Å². The van der Waals surface area contributed by atoms with Gasteiger partial charge in [0.15, 0.2) is 0 Å². The molecule has 0 aliphatic heterocycles. The molecule has 0 heterocycles. The van der Waals surface area contributed by atoms with Crippen molar-refractivity contribution in [2.45, 2.75) is 12.8 Å². The van der Waals surface area contributed by atoms with Crippen LogP contribution in [0.3, 0.4) is 0 Å². The average molecular weight is 423 g/mol. The third-order valence-corrected chi connectivity index (χ3v) is 4.24. The van der Waals surface area contributed by atoms with Gasteiger partial charge in [0.05, 0.1) is 23.4 Å². The molecule has 0 atom stereocenters. The highest BCUT2D eigenvalue weighted by atomic mass is 19.4. The fourth-order valence-corrected chi connectivity index (χ4v) is 2.63. The van der Waals surface area contributed by atoms with Gasteiger partial charge in [0.2, 0.25) is 0 Å². The lowest BCUT2D eigenvalue weighted by Crippen LogP contribution is -2.18. The van der Waals surface area contributed by atoms with Crippen molar-refractivity contribution in [3.05, 3.63) is 101 Å². The second kappa shape index (κ2) is 9.59. The molecular weight excluding hydrogens is 407 g/mol. The van der Waals surface area contributed by atoms with Crippen molar-refractivity contribution in [2.24, 2.45) is 5.10 Å². The largest absolute Gasteiger partial charge is 0.489 e. The number of ether oxygens (including phenoxy) is 1. The Hall–Kier alpha value is -4.12. The Balaban J connectivity index is 1.56. The average Bonchev–Trinajstić information content (AvgIpc) is 2.78. The Morgan fingerprint density at radius 3 is 2.52 bits per heavy atom. The summed E-state index contributed by atoms with van der Waals surface area (Å²) in [6, 6.07) is 20.1. The van der Waals surface area contributed by atoms with Gasteiger partial charge in [-0.05, 0) is 54.1 Å². The van der Waals surface area contributed by atoms with E-state index in [1.54, 1.807) is 36.4 Å². The maximum Gasteiger partial charge on any atom is 0.416 e. The maximum atomic E-state index is 12.7. The van der Waals surface area contributed by atoms with Crippen molar-refractivity contribution in [1.82, 2.24) is 5.43 Å². The second-order valence-corrected chi connectivity index (χ2v) is 6.40. The summed E-state index contributed by atoms with van der Waals surface area (Å²) in [5.41, 5.74) is 3.11. The predicted octanol–water partition coefficient (Wildman–Crippen LogP) is 4.92. The normalized spacial score (nSPS) is 11.2. The van der Waals surface area contributed by atoms with Gasteiger partial charge in [0.1, 0.15) is 12.4 Å². The number of benzene rings is 3. The number of hydrogen-bond acceptors (Lipinski definition) is 4. The molecule has 0 aliphatic carbocycles. The van der Waals surface area contributed by atoms with Gasteiger partial charge in [-0.3, -0.25) is 4.79 Å². The summed E-state index contributed by atoms with van der Waals surface area (Å²) < 4.78 is 43.9. The van der Waals surface area contributed by atoms with Crippen LogP contribution in [-0.2, 0) is 12.8 Å². The molecule has 31 heavy (non-hydrogen) atoms. The summed E-state index contributed by atoms with van der Waals surface area (Å²) in [4.78, 5) is 12.0. The van der Waals surface area contributed by atoms with Crippen LogP contribution in [0.15, 0.2) is 77.9 Å². The molecule has 3 aromatic rings. The van der Waals surface area contributed by atoms with Crippen molar-refractivity contribution >= 4 is 12.1 Å². The molecule has 0 radical (unpaired) electrons. The molecule has 0 fully saturated rings. The van der Waals surface area contributed by atoms with E-state index in [0.29, 0.717) is 16.9 Å². The fourth-order valence-electron chi connectivity index (χ4n) is 2.63. The molecule has 8 heteroatoms. The molecule has 1 N–H and O–H groups in total. The zero-order valence-corrected chi connectivity index (χ0v) is 16.1. The van der Waals surface area contributed by atoms with Gasteiger partial charge in [0.25, 0.3) is 5.91 Å². The molecule has 0 spiro atoms. The number of alkyl halides is 3. The number of nitrogens with zero attached hydrogens (tertiary/aromatic N) is 2. The third kappa shape index (κ3) is 5.93. The molecule has 0 saturated heterocycles. The lowest BCUT2D eigenvalue weighted by atomic mass is 10.1. The van der Waals surface area contributed by atoms with E-state index >= 15 is 0 Å². The van der Waals surface area contributed by atoms with Gasteiger partial charge >= 0.3 is 6.18 Å². The van der Waals surface area contributed by atoms with Crippen molar-refractivity contribution in [1.29, 1.82) is 5.26 Å². The Bertz CT molecular complexity index is 1130. The number of carbonyl (C=O) groups is 1. The highest BCUT2D eigenvalue weighted by molar-refractivity contribution is 5.95. The highest BCUT2D eigenvalue weighted by Gasteiger charge is 2.30. The molecule has 0 aromatic heterocycles. The number of carbonyl (C=O) groups excluding carboxylic acids is 1. The summed E-state index contributed by atoms with van der Waals surface area (Å²) in [7, 11) is 0. The number of hydrazone groups is 1. The summed E-state index contributed by atoms with van der Waals surface area (Å²) in [5.74, 6) is -0.170. The minimum atomic E-state index is -4.53. The predicted molar refractivity (Wildman–Crippen MR) is 108 cm³/mol. The quantitative estimate of drug-likeness (QED) is 0.452. The van der Waals surface area contributed by atoms with E-state index in [0.717, 1.165) is 23.8 Å². The van der Waals surface area contributed by atoms with Gasteiger partial charge in [-0.15, -0.1) is 0 Å². The number of nitrogens with one attached hydrogen (secondary N) is 1. The van der Waals surface area contributed by atoms with Crippen LogP contribution in [0, 0.1) is 11.3 Å². The zero-order chi connectivity index (χ0) is 22.3. The van der Waals surface area contributed by atoms with Crippen LogP contribution >= 0.6 is 0 Å². The fraction of sp³-hybridized carbons (Fsp3) is 0.0870. The monoisotopic (exact) mass is 423 g/mol. The molecule has 3 rings (SSSR count). The standard InChI is InChI=1S/C23H16F3N3O2/c24-23(25,26)20-7-3-6-17(12-20)22(30)29-28-14-16-8-10-21(11-9-16)31-15-19-5-2-1-4-18(19)13-27/h1-12,14H,15H2,(H,29,30)/b28-14-. The molecule has 1 amide bonds. The molecule has 5 nitrogen and oxygen atoms in total. The van der Waals surface area contributed by atoms with Crippen LogP contribution in [0.4, 0.5) is 13.2 Å². The van der Waals surface area contributed by atoms with Crippen LogP contribution in [0.5, 0.6) is 5.75 Å². The molecule has 0 unspecified atom stereocenters. The minimum absolute atomic E-state index is 0.145. The van der Waals surface area contributed by atoms with E-state index in [9.17, 15) is 18.0 Å². The molecule has 3 aromatic carbocycles. The Labute approximate surface area is 176 Å². The number of hydrogen-bond donors (Lipinski definition) is 1. The number of rotatable bonds is 6. The first kappa shape index (κ1) is 21.6. The van der Waals surface area contributed by atoms with Gasteiger partial charge < -0.3 is 4.74 Å². The van der Waals surface area contributed by atoms with Crippen molar-refractivity contribution in [3.8, 4) is 11.8 Å². The zero-order valence-electron chi connectivity index (χ0n) is 16.1. The Morgan fingerprint density at radius 1 is 1.06 bits per heavy atom. The van der Waals surface area contributed by atoms with Crippen molar-refractivity contribution in [3.63, 3.8) is 0 Å². The van der Waals surface area contributed by atoms with E-state index < -0.39 is 17.6 Å². The number of amides is 1. The number of halogens is 3. The maximum absolute atomic E-state index is 12.7. The summed E-state index contributed by atoms with van der Waals surface area (Å²) in [6.45, 7) is 0.240. The Morgan fingerprint density at radius 2 is 1.81 bits per heavy atom. The number of nitriles is 1. The summed E-state index contributed by atoms with van der Waals surface area (Å²) in [6.07, 6.45) is -3.17. The first-order chi connectivity index (χ1) is 14.9. The van der Waals surface area contributed by atoms with Gasteiger partial charge in [-0.25, -0.2) is 5.43 Å². The molecule has 0 bridgehead atoms. The Kier molecular flexibility index (Phi) is 6.67. The smallest absolute Gasteiger partial charge is 0.416 e. The second-order valence-electron chi connectivity index (χ2n) is 6.40. The van der Waals surface area contributed by atoms with Crippen molar-refractivity contribution in [2.75, 3.05) is 0 Å². The van der Waals surface area contributed by atoms with E-state index in [1.807, 2.05) is 12.1 Å². The topological polar surface area (TPSA) is 74.5 Å². The van der Waals surface area contributed by atoms with Gasteiger partial charge in [-0.2, -0.15) is 23.5 Å². The summed E-state index contributed by atoms with van der Waals surface area (Å²) >= 11 is 0. The molecule has 156 valence electrons. The lowest BCUT2D eigenvalue weighted by Gasteiger charge is -2.08. The molecule has 0 aliphatic rings. The highest BCUT2D eigenvalue weighted by Crippen LogP contribution is 2.29. The van der Waals surface area contributed by atoms with Crippen LogP contribution in [0.25, 0.3) is 0 Å². The van der Waals surface area contributed by atoms with Crippen LogP contribution in [0.2, 0.25) is 0 Å². The minimum Gasteiger partial charge on any atom is -0.489 e.